The maximum absolute atomic E-state index is 12.0. The van der Waals surface area contributed by atoms with Crippen LogP contribution in [-0.2, 0) is 4.79 Å². The number of carbonyl (C=O) groups is 1. The van der Waals surface area contributed by atoms with Crippen molar-refractivity contribution >= 4 is 17.2 Å². The summed E-state index contributed by atoms with van der Waals surface area (Å²) in [6, 6.07) is 4.22. The van der Waals surface area contributed by atoms with Gasteiger partial charge in [0.25, 0.3) is 0 Å². The minimum atomic E-state index is 0.125. The first-order chi connectivity index (χ1) is 8.65. The van der Waals surface area contributed by atoms with Crippen molar-refractivity contribution in [2.75, 3.05) is 19.6 Å². The lowest BCUT2D eigenvalue weighted by molar-refractivity contribution is -0.123. The SMILES string of the molecule is C[C@@H]1CCCN(CC(=O)N[C@@H](C)c2cccs2)C1. The second-order valence-corrected chi connectivity index (χ2v) is 6.27. The lowest BCUT2D eigenvalue weighted by Crippen LogP contribution is -2.42. The Balaban J connectivity index is 1.78. The third-order valence-electron chi connectivity index (χ3n) is 3.46. The molecule has 1 amide bonds. The van der Waals surface area contributed by atoms with Crippen LogP contribution >= 0.6 is 11.3 Å². The predicted octanol–water partition coefficient (Wildman–Crippen LogP) is 2.66. The second-order valence-electron chi connectivity index (χ2n) is 5.29. The maximum Gasteiger partial charge on any atom is 0.234 e. The fourth-order valence-electron chi connectivity index (χ4n) is 2.53. The van der Waals surface area contributed by atoms with Gasteiger partial charge in [-0.25, -0.2) is 0 Å². The Kier molecular flexibility index (Phi) is 4.78. The molecule has 0 saturated carbocycles. The smallest absolute Gasteiger partial charge is 0.234 e. The van der Waals surface area contributed by atoms with Crippen molar-refractivity contribution in [3.8, 4) is 0 Å². The highest BCUT2D eigenvalue weighted by Crippen LogP contribution is 2.18. The van der Waals surface area contributed by atoms with Crippen molar-refractivity contribution in [3.63, 3.8) is 0 Å². The van der Waals surface area contributed by atoms with E-state index in [1.807, 2.05) is 18.4 Å². The summed E-state index contributed by atoms with van der Waals surface area (Å²) in [5.41, 5.74) is 0. The van der Waals surface area contributed by atoms with E-state index in [0.29, 0.717) is 6.54 Å². The molecule has 0 aliphatic carbocycles. The highest BCUT2D eigenvalue weighted by Gasteiger charge is 2.19. The number of nitrogens with one attached hydrogen (secondary N) is 1. The minimum absolute atomic E-state index is 0.125. The molecule has 1 aromatic heterocycles. The summed E-state index contributed by atoms with van der Waals surface area (Å²) in [6.07, 6.45) is 2.51. The van der Waals surface area contributed by atoms with E-state index >= 15 is 0 Å². The van der Waals surface area contributed by atoms with Crippen LogP contribution in [0.25, 0.3) is 0 Å². The van der Waals surface area contributed by atoms with E-state index in [0.717, 1.165) is 19.0 Å². The zero-order valence-corrected chi connectivity index (χ0v) is 12.0. The molecule has 2 atom stereocenters. The van der Waals surface area contributed by atoms with Crippen molar-refractivity contribution in [1.29, 1.82) is 0 Å². The van der Waals surface area contributed by atoms with Gasteiger partial charge < -0.3 is 5.32 Å². The van der Waals surface area contributed by atoms with Gasteiger partial charge >= 0.3 is 0 Å². The predicted molar refractivity (Wildman–Crippen MR) is 75.7 cm³/mol. The van der Waals surface area contributed by atoms with Gasteiger partial charge in [-0.1, -0.05) is 13.0 Å². The topological polar surface area (TPSA) is 32.3 Å². The summed E-state index contributed by atoms with van der Waals surface area (Å²) >= 11 is 1.69. The van der Waals surface area contributed by atoms with Gasteiger partial charge in [0, 0.05) is 11.4 Å². The third kappa shape index (κ3) is 3.82. The zero-order chi connectivity index (χ0) is 13.0. The number of thiophene rings is 1. The minimum Gasteiger partial charge on any atom is -0.348 e. The zero-order valence-electron chi connectivity index (χ0n) is 11.2. The average molecular weight is 266 g/mol. The van der Waals surface area contributed by atoms with Crippen LogP contribution in [-0.4, -0.2) is 30.4 Å². The lowest BCUT2D eigenvalue weighted by atomic mass is 10.0. The number of hydrogen-bond acceptors (Lipinski definition) is 3. The summed E-state index contributed by atoms with van der Waals surface area (Å²) < 4.78 is 0. The molecule has 0 radical (unpaired) electrons. The molecule has 0 unspecified atom stereocenters. The number of piperidine rings is 1. The van der Waals surface area contributed by atoms with Gasteiger partial charge in [-0.15, -0.1) is 11.3 Å². The Labute approximate surface area is 113 Å². The Morgan fingerprint density at radius 3 is 3.17 bits per heavy atom. The van der Waals surface area contributed by atoms with E-state index in [1.165, 1.54) is 17.7 Å². The number of carbonyl (C=O) groups excluding carboxylic acids is 1. The van der Waals surface area contributed by atoms with E-state index < -0.39 is 0 Å². The molecule has 3 nitrogen and oxygen atoms in total. The fraction of sp³-hybridized carbons (Fsp3) is 0.643. The van der Waals surface area contributed by atoms with E-state index in [2.05, 4.69) is 23.2 Å². The number of rotatable bonds is 4. The quantitative estimate of drug-likeness (QED) is 0.908. The van der Waals surface area contributed by atoms with Crippen LogP contribution in [0.1, 0.15) is 37.6 Å². The van der Waals surface area contributed by atoms with Gasteiger partial charge in [-0.2, -0.15) is 0 Å². The van der Waals surface area contributed by atoms with E-state index in [-0.39, 0.29) is 11.9 Å². The van der Waals surface area contributed by atoms with Crippen molar-refractivity contribution in [3.05, 3.63) is 22.4 Å². The van der Waals surface area contributed by atoms with Crippen LogP contribution in [0.4, 0.5) is 0 Å². The van der Waals surface area contributed by atoms with Crippen LogP contribution < -0.4 is 5.32 Å². The Bertz CT molecular complexity index is 377. The molecule has 1 aromatic rings. The second kappa shape index (κ2) is 6.34. The number of likely N-dealkylation sites (tertiary alicyclic amines) is 1. The first-order valence-electron chi connectivity index (χ1n) is 6.70. The summed E-state index contributed by atoms with van der Waals surface area (Å²) in [5, 5.41) is 5.12. The van der Waals surface area contributed by atoms with Gasteiger partial charge in [0.1, 0.15) is 0 Å². The molecular weight excluding hydrogens is 244 g/mol. The number of amides is 1. The Hall–Kier alpha value is -0.870. The summed E-state index contributed by atoms with van der Waals surface area (Å²) in [7, 11) is 0. The molecule has 18 heavy (non-hydrogen) atoms. The molecule has 1 aliphatic rings. The summed E-state index contributed by atoms with van der Waals surface area (Å²) in [4.78, 5) is 15.5. The lowest BCUT2D eigenvalue weighted by Gasteiger charge is -2.30. The van der Waals surface area contributed by atoms with E-state index in [4.69, 9.17) is 0 Å². The molecule has 100 valence electrons. The molecule has 1 fully saturated rings. The van der Waals surface area contributed by atoms with Gasteiger partial charge in [0.05, 0.1) is 12.6 Å². The molecule has 0 bridgehead atoms. The first kappa shape index (κ1) is 13.6. The Morgan fingerprint density at radius 2 is 2.50 bits per heavy atom. The average Bonchev–Trinajstić information content (AvgIpc) is 2.81. The molecule has 4 heteroatoms. The van der Waals surface area contributed by atoms with Crippen molar-refractivity contribution < 1.29 is 4.79 Å². The number of hydrogen-bond donors (Lipinski definition) is 1. The molecule has 1 saturated heterocycles. The maximum atomic E-state index is 12.0. The summed E-state index contributed by atoms with van der Waals surface area (Å²) in [5.74, 6) is 0.867. The normalized spacial score (nSPS) is 22.7. The van der Waals surface area contributed by atoms with Crippen molar-refractivity contribution in [1.82, 2.24) is 10.2 Å². The highest BCUT2D eigenvalue weighted by molar-refractivity contribution is 7.10. The molecule has 2 heterocycles. The molecule has 1 N–H and O–H groups in total. The van der Waals surface area contributed by atoms with Crippen LogP contribution in [0.15, 0.2) is 17.5 Å². The largest absolute Gasteiger partial charge is 0.348 e. The summed E-state index contributed by atoms with van der Waals surface area (Å²) in [6.45, 7) is 6.97. The van der Waals surface area contributed by atoms with Crippen molar-refractivity contribution in [2.45, 2.75) is 32.7 Å². The van der Waals surface area contributed by atoms with Crippen molar-refractivity contribution in [2.24, 2.45) is 5.92 Å². The number of nitrogens with zero attached hydrogens (tertiary/aromatic N) is 1. The van der Waals surface area contributed by atoms with Gasteiger partial charge in [0.2, 0.25) is 5.91 Å². The van der Waals surface area contributed by atoms with Crippen LogP contribution in [0.5, 0.6) is 0 Å². The molecule has 0 aromatic carbocycles. The molecule has 1 aliphatic heterocycles. The first-order valence-corrected chi connectivity index (χ1v) is 7.58. The highest BCUT2D eigenvalue weighted by atomic mass is 32.1. The molecular formula is C14H22N2OS. The van der Waals surface area contributed by atoms with Crippen LogP contribution in [0.2, 0.25) is 0 Å². The van der Waals surface area contributed by atoms with E-state index in [9.17, 15) is 4.79 Å². The van der Waals surface area contributed by atoms with Crippen LogP contribution in [0, 0.1) is 5.92 Å². The Morgan fingerprint density at radius 1 is 1.67 bits per heavy atom. The monoisotopic (exact) mass is 266 g/mol. The molecule has 0 spiro atoms. The van der Waals surface area contributed by atoms with Gasteiger partial charge in [-0.05, 0) is 43.7 Å². The van der Waals surface area contributed by atoms with E-state index in [1.54, 1.807) is 11.3 Å². The van der Waals surface area contributed by atoms with Crippen LogP contribution in [0.3, 0.4) is 0 Å². The van der Waals surface area contributed by atoms with Gasteiger partial charge in [-0.3, -0.25) is 9.69 Å². The third-order valence-corrected chi connectivity index (χ3v) is 4.51. The molecule has 2 rings (SSSR count). The fourth-order valence-corrected chi connectivity index (χ4v) is 3.26. The standard InChI is InChI=1S/C14H22N2OS/c1-11-5-3-7-16(9-11)10-14(17)15-12(2)13-6-4-8-18-13/h4,6,8,11-12H,3,5,7,9-10H2,1-2H3,(H,15,17)/t11-,12+/m1/s1. The van der Waals surface area contributed by atoms with Gasteiger partial charge in [0.15, 0.2) is 0 Å².